The Kier molecular flexibility index (Phi) is 3.96. The fraction of sp³-hybridized carbons (Fsp3) is 0. The van der Waals surface area contributed by atoms with Crippen molar-refractivity contribution in [2.24, 2.45) is 0 Å². The molecule has 0 N–H and O–H groups in total. The summed E-state index contributed by atoms with van der Waals surface area (Å²) < 4.78 is 9.27. The van der Waals surface area contributed by atoms with Gasteiger partial charge < -0.3 is 4.46 Å². The maximum absolute atomic E-state index is 9.27. The summed E-state index contributed by atoms with van der Waals surface area (Å²) in [4.78, 5) is 0. The van der Waals surface area contributed by atoms with Gasteiger partial charge in [0.05, 0.1) is 0 Å². The predicted molar refractivity (Wildman–Crippen MR) is 21.9 cm³/mol. The molecule has 1 nitrogen and oxygen atoms in total. The Morgan fingerprint density at radius 3 is 2.25 bits per heavy atom. The van der Waals surface area contributed by atoms with E-state index in [9.17, 15) is 4.46 Å². The van der Waals surface area contributed by atoms with Crippen molar-refractivity contribution in [3.8, 4) is 0 Å². The molecule has 0 aliphatic carbocycles. The topological polar surface area (TPSA) is 17.1 Å². The summed E-state index contributed by atoms with van der Waals surface area (Å²) in [5, 5.41) is 0. The van der Waals surface area contributed by atoms with Crippen LogP contribution in [-0.4, -0.2) is 16.6 Å². The van der Waals surface area contributed by atoms with Crippen LogP contribution in [0.1, 0.15) is 0 Å². The van der Waals surface area contributed by atoms with Gasteiger partial charge in [-0.05, 0) is 0 Å². The van der Waals surface area contributed by atoms with E-state index in [2.05, 4.69) is 0 Å². The summed E-state index contributed by atoms with van der Waals surface area (Å²) in [7, 11) is 4.29. The van der Waals surface area contributed by atoms with Crippen LogP contribution < -0.4 is 0 Å². The van der Waals surface area contributed by atoms with Gasteiger partial charge in [0, 0.05) is 0 Å². The van der Waals surface area contributed by atoms with Crippen LogP contribution in [0.2, 0.25) is 0 Å². The second kappa shape index (κ2) is 3.51. The first-order chi connectivity index (χ1) is 1.91. The minimum absolute atomic E-state index is 0.168. The lowest BCUT2D eigenvalue weighted by molar-refractivity contribution is 0.587. The zero-order valence-electron chi connectivity index (χ0n) is 2.06. The summed E-state index contributed by atoms with van der Waals surface area (Å²) in [6.45, 7) is 0. The van der Waals surface area contributed by atoms with Crippen molar-refractivity contribution in [3.63, 3.8) is 0 Å². The minimum Gasteiger partial charge on any atom is -0.387 e. The molecule has 0 aliphatic heterocycles. The molecule has 0 spiro atoms. The van der Waals surface area contributed by atoms with Gasteiger partial charge in [0.15, 0.2) is 0 Å². The van der Waals surface area contributed by atoms with Crippen LogP contribution in [-0.2, 0) is 4.46 Å². The summed E-state index contributed by atoms with van der Waals surface area (Å²) in [6, 6.07) is 0. The van der Waals surface area contributed by atoms with Gasteiger partial charge in [-0.15, -0.1) is 8.01 Å². The molecular weight excluding hydrogens is 85.9 g/mol. The number of rotatable bonds is 1. The van der Waals surface area contributed by atoms with Crippen LogP contribution in [0.4, 0.5) is 0 Å². The Bertz CT molecular complexity index is 22.0. The lowest BCUT2D eigenvalue weighted by Crippen LogP contribution is -1.46. The van der Waals surface area contributed by atoms with Gasteiger partial charge in [0.25, 0.3) is 9.07 Å². The van der Waals surface area contributed by atoms with Crippen LogP contribution in [0.25, 0.3) is 0 Å². The van der Waals surface area contributed by atoms with E-state index in [0.717, 1.165) is 0 Å². The lowest BCUT2D eigenvalue weighted by Gasteiger charge is -1.50. The number of hydrogen-bond donors (Lipinski definition) is 0. The Morgan fingerprint density at radius 1 is 2.00 bits per heavy atom. The van der Waals surface area contributed by atoms with Gasteiger partial charge in [-0.2, -0.15) is 0 Å². The average Bonchev–Trinajstić information content (AvgIpc) is 1.37. The Morgan fingerprint density at radius 2 is 2.25 bits per heavy atom. The monoisotopic (exact) mass is 88.0 g/mol. The first kappa shape index (κ1) is 4.51. The molecule has 0 aromatic rings. The molecule has 4 heavy (non-hydrogen) atoms. The molecule has 0 heterocycles. The Hall–Kier alpha value is 0.512. The maximum Gasteiger partial charge on any atom is 0.275 e. The van der Waals surface area contributed by atoms with Crippen molar-refractivity contribution < 1.29 is 4.46 Å². The summed E-state index contributed by atoms with van der Waals surface area (Å²) in [6.07, 6.45) is 0. The van der Waals surface area contributed by atoms with Gasteiger partial charge in [0.2, 0.25) is 0 Å². The Labute approximate surface area is 30.1 Å². The van der Waals surface area contributed by atoms with Gasteiger partial charge in [-0.3, -0.25) is 0 Å². The van der Waals surface area contributed by atoms with Gasteiger partial charge in [-0.1, -0.05) is 0 Å². The van der Waals surface area contributed by atoms with E-state index in [-0.39, 0.29) is 8.01 Å². The van der Waals surface area contributed by atoms with Crippen LogP contribution in [0.3, 0.4) is 0 Å². The van der Waals surface area contributed by atoms with Crippen molar-refractivity contribution >= 4 is 24.6 Å². The first-order valence-corrected chi connectivity index (χ1v) is 4.17. The second-order valence-corrected chi connectivity index (χ2v) is 2.56. The third-order valence-corrected chi connectivity index (χ3v) is 0.612. The molecule has 20 valence electrons. The Balaban J connectivity index is 2.30. The molecular formula is H2BOPSi. The summed E-state index contributed by atoms with van der Waals surface area (Å²) >= 11 is 0. The molecule has 0 aromatic carbocycles. The normalized spacial score (nSPS) is 9.00. The van der Waals surface area contributed by atoms with Gasteiger partial charge >= 0.3 is 0 Å². The average molecular weight is 87.9 g/mol. The highest BCUT2D eigenvalue weighted by Gasteiger charge is 1.55. The van der Waals surface area contributed by atoms with Crippen LogP contribution in [0.5, 0.6) is 0 Å². The highest BCUT2D eigenvalue weighted by Crippen LogP contribution is 1.83. The molecule has 4 heteroatoms. The number of hydrogen-bond acceptors (Lipinski definition) is 1. The fourth-order valence-corrected chi connectivity index (χ4v) is 0. The quantitative estimate of drug-likeness (QED) is 0.310. The van der Waals surface area contributed by atoms with E-state index in [4.69, 9.17) is 7.57 Å². The predicted octanol–water partition coefficient (Wildman–Crippen LogP) is -0.555. The summed E-state index contributed by atoms with van der Waals surface area (Å²) in [5.41, 5.74) is 0. The largest absolute Gasteiger partial charge is 0.387 e. The smallest absolute Gasteiger partial charge is 0.275 e. The molecule has 0 saturated heterocycles. The zero-order chi connectivity index (χ0) is 3.41. The maximum atomic E-state index is 9.27. The fourth-order valence-electron chi connectivity index (χ4n) is 0. The SMILES string of the molecule is [B]P[SiH]=O. The van der Waals surface area contributed by atoms with Crippen molar-refractivity contribution in [1.29, 1.82) is 0 Å². The zero-order valence-corrected chi connectivity index (χ0v) is 4.22. The van der Waals surface area contributed by atoms with Crippen molar-refractivity contribution in [2.45, 2.75) is 0 Å². The highest BCUT2D eigenvalue weighted by molar-refractivity contribution is 7.88. The molecule has 0 aliphatic rings. The molecule has 0 fully saturated rings. The van der Waals surface area contributed by atoms with E-state index in [1.54, 1.807) is 0 Å². The molecule has 0 aromatic heterocycles. The molecule has 2 radical (unpaired) electrons. The molecule has 1 atom stereocenters. The van der Waals surface area contributed by atoms with E-state index >= 15 is 0 Å². The minimum atomic E-state index is -0.662. The second-order valence-electron chi connectivity index (χ2n) is 0.285. The van der Waals surface area contributed by atoms with Crippen LogP contribution in [0.15, 0.2) is 0 Å². The van der Waals surface area contributed by atoms with Crippen LogP contribution >= 0.6 is 8.01 Å². The van der Waals surface area contributed by atoms with E-state index in [1.165, 1.54) is 0 Å². The summed E-state index contributed by atoms with van der Waals surface area (Å²) in [5.74, 6) is 0. The van der Waals surface area contributed by atoms with Gasteiger partial charge in [-0.25, -0.2) is 0 Å². The van der Waals surface area contributed by atoms with E-state index in [1.807, 2.05) is 0 Å². The molecule has 0 amide bonds. The first-order valence-electron chi connectivity index (χ1n) is 0.813. The molecule has 0 bridgehead atoms. The van der Waals surface area contributed by atoms with E-state index < -0.39 is 9.07 Å². The van der Waals surface area contributed by atoms with E-state index in [0.29, 0.717) is 0 Å². The lowest BCUT2D eigenvalue weighted by atomic mass is 10.8. The van der Waals surface area contributed by atoms with Crippen molar-refractivity contribution in [2.75, 3.05) is 0 Å². The van der Waals surface area contributed by atoms with Crippen LogP contribution in [0, 0.1) is 0 Å². The van der Waals surface area contributed by atoms with Crippen molar-refractivity contribution in [1.82, 2.24) is 0 Å². The third kappa shape index (κ3) is 2.51. The standard InChI is InChI=1S/BH2OPSi/c1-3-4-2/h3-4H. The highest BCUT2D eigenvalue weighted by atomic mass is 31.3. The molecule has 0 saturated carbocycles. The molecule has 1 unspecified atom stereocenters. The van der Waals surface area contributed by atoms with Gasteiger partial charge in [0.1, 0.15) is 7.57 Å². The third-order valence-electron chi connectivity index (χ3n) is 0.0680. The van der Waals surface area contributed by atoms with Crippen molar-refractivity contribution in [3.05, 3.63) is 0 Å². The molecule has 0 rings (SSSR count).